The third kappa shape index (κ3) is 9.60. The molecule has 0 aromatic heterocycles. The molecule has 2 aromatic rings. The fraction of sp³-hybridized carbons (Fsp3) is 0.536. The molecule has 1 amide bonds. The van der Waals surface area contributed by atoms with Crippen molar-refractivity contribution in [1.29, 1.82) is 0 Å². The van der Waals surface area contributed by atoms with Crippen LogP contribution in [-0.2, 0) is 4.79 Å². The second kappa shape index (κ2) is 15.0. The molecule has 6 nitrogen and oxygen atoms in total. The summed E-state index contributed by atoms with van der Waals surface area (Å²) in [5.74, 6) is 1.14. The van der Waals surface area contributed by atoms with E-state index >= 15 is 0 Å². The number of amides is 1. The van der Waals surface area contributed by atoms with Gasteiger partial charge in [0.1, 0.15) is 23.8 Å². The summed E-state index contributed by atoms with van der Waals surface area (Å²) in [6, 6.07) is 13.7. The van der Waals surface area contributed by atoms with Crippen LogP contribution >= 0.6 is 11.6 Å². The summed E-state index contributed by atoms with van der Waals surface area (Å²) in [4.78, 5) is 14.6. The number of nitrogens with zero attached hydrogens (tertiary/aromatic N) is 1. The first-order valence-electron chi connectivity index (χ1n) is 12.9. The smallest absolute Gasteiger partial charge is 0.223 e. The van der Waals surface area contributed by atoms with E-state index < -0.39 is 18.3 Å². The molecule has 0 bridgehead atoms. The Balaban J connectivity index is 1.55. The second-order valence-corrected chi connectivity index (χ2v) is 9.73. The van der Waals surface area contributed by atoms with Crippen LogP contribution in [0.4, 0.5) is 4.39 Å². The topological polar surface area (TPSA) is 71.0 Å². The first-order valence-corrected chi connectivity index (χ1v) is 13.3. The normalized spacial score (nSPS) is 17.5. The maximum atomic E-state index is 13.7. The summed E-state index contributed by atoms with van der Waals surface area (Å²) >= 11 is 5.88. The Kier molecular flexibility index (Phi) is 11.8. The zero-order chi connectivity index (χ0) is 25.8. The highest BCUT2D eigenvalue weighted by Crippen LogP contribution is 2.23. The molecule has 1 heterocycles. The average molecular weight is 521 g/mol. The number of ether oxygens (including phenoxy) is 2. The van der Waals surface area contributed by atoms with Crippen LogP contribution in [0, 0.1) is 0 Å². The van der Waals surface area contributed by atoms with Gasteiger partial charge >= 0.3 is 0 Å². The van der Waals surface area contributed by atoms with E-state index in [1.165, 1.54) is 12.8 Å². The number of hydrogen-bond donors (Lipinski definition) is 2. The largest absolute Gasteiger partial charge is 0.494 e. The molecule has 0 aliphatic carbocycles. The van der Waals surface area contributed by atoms with Gasteiger partial charge in [-0.05, 0) is 54.8 Å². The molecule has 1 aliphatic heterocycles. The van der Waals surface area contributed by atoms with Gasteiger partial charge < -0.3 is 19.9 Å². The van der Waals surface area contributed by atoms with Gasteiger partial charge in [-0.2, -0.15) is 0 Å². The van der Waals surface area contributed by atoms with Crippen molar-refractivity contribution in [2.24, 2.45) is 0 Å². The zero-order valence-corrected chi connectivity index (χ0v) is 21.8. The summed E-state index contributed by atoms with van der Waals surface area (Å²) in [5.41, 5.74) is 0.673. The molecule has 0 radical (unpaired) electrons. The highest BCUT2D eigenvalue weighted by molar-refractivity contribution is 6.30. The Morgan fingerprint density at radius 2 is 1.75 bits per heavy atom. The second-order valence-electron chi connectivity index (χ2n) is 9.29. The van der Waals surface area contributed by atoms with Gasteiger partial charge in [-0.3, -0.25) is 9.69 Å². The van der Waals surface area contributed by atoms with Crippen molar-refractivity contribution in [1.82, 2.24) is 10.2 Å². The van der Waals surface area contributed by atoms with Crippen molar-refractivity contribution < 1.29 is 23.8 Å². The molecule has 2 N–H and O–H groups in total. The maximum absolute atomic E-state index is 13.7. The van der Waals surface area contributed by atoms with E-state index in [2.05, 4.69) is 12.2 Å². The molecule has 1 fully saturated rings. The maximum Gasteiger partial charge on any atom is 0.223 e. The lowest BCUT2D eigenvalue weighted by Crippen LogP contribution is -2.47. The molecule has 1 aliphatic rings. The lowest BCUT2D eigenvalue weighted by Gasteiger charge is -2.29. The minimum atomic E-state index is -0.941. The SMILES string of the molecule is CCCCCCOc1ccc([C@@H](O)[C@@H](CN2CCC(F)C2)NC(=O)CCOc2ccc(Cl)cc2)cc1. The summed E-state index contributed by atoms with van der Waals surface area (Å²) in [6.07, 6.45) is 3.33. The molecule has 3 rings (SSSR count). The van der Waals surface area contributed by atoms with Crippen LogP contribution in [0.1, 0.15) is 57.1 Å². The molecule has 2 aromatic carbocycles. The highest BCUT2D eigenvalue weighted by atomic mass is 35.5. The average Bonchev–Trinajstić information content (AvgIpc) is 3.29. The number of hydrogen-bond acceptors (Lipinski definition) is 5. The van der Waals surface area contributed by atoms with Crippen LogP contribution in [-0.4, -0.2) is 61.0 Å². The van der Waals surface area contributed by atoms with E-state index in [1.54, 1.807) is 24.3 Å². The van der Waals surface area contributed by atoms with E-state index in [9.17, 15) is 14.3 Å². The molecule has 0 spiro atoms. The van der Waals surface area contributed by atoms with Crippen molar-refractivity contribution >= 4 is 17.5 Å². The fourth-order valence-corrected chi connectivity index (χ4v) is 4.36. The molecular formula is C28H38ClFN2O4. The fourth-order valence-electron chi connectivity index (χ4n) is 4.24. The van der Waals surface area contributed by atoms with Gasteiger partial charge in [0, 0.05) is 24.7 Å². The van der Waals surface area contributed by atoms with Crippen molar-refractivity contribution in [2.75, 3.05) is 32.8 Å². The van der Waals surface area contributed by atoms with Gasteiger partial charge in [0.25, 0.3) is 0 Å². The molecule has 8 heteroatoms. The van der Waals surface area contributed by atoms with E-state index in [4.69, 9.17) is 21.1 Å². The van der Waals surface area contributed by atoms with Crippen LogP contribution in [0.25, 0.3) is 0 Å². The van der Waals surface area contributed by atoms with Gasteiger partial charge in [0.05, 0.1) is 25.7 Å². The molecule has 1 unspecified atom stereocenters. The molecule has 0 saturated carbocycles. The van der Waals surface area contributed by atoms with Gasteiger partial charge in [0.2, 0.25) is 5.91 Å². The third-order valence-corrected chi connectivity index (χ3v) is 6.55. The Hall–Kier alpha value is -2.35. The number of unbranched alkanes of at least 4 members (excludes halogenated alkanes) is 3. The number of benzene rings is 2. The molecule has 36 heavy (non-hydrogen) atoms. The first kappa shape index (κ1) is 28.2. The highest BCUT2D eigenvalue weighted by Gasteiger charge is 2.29. The Morgan fingerprint density at radius 1 is 1.08 bits per heavy atom. The van der Waals surface area contributed by atoms with Gasteiger partial charge in [-0.25, -0.2) is 4.39 Å². The zero-order valence-electron chi connectivity index (χ0n) is 21.0. The van der Waals surface area contributed by atoms with Crippen LogP contribution in [0.2, 0.25) is 5.02 Å². The lowest BCUT2D eigenvalue weighted by molar-refractivity contribution is -0.123. The van der Waals surface area contributed by atoms with E-state index in [1.807, 2.05) is 29.2 Å². The number of alkyl halides is 1. The Bertz CT molecular complexity index is 913. The van der Waals surface area contributed by atoms with E-state index in [0.717, 1.165) is 18.6 Å². The number of aliphatic hydroxyl groups excluding tert-OH is 1. The molecular weight excluding hydrogens is 483 g/mol. The van der Waals surface area contributed by atoms with Crippen LogP contribution < -0.4 is 14.8 Å². The monoisotopic (exact) mass is 520 g/mol. The molecule has 3 atom stereocenters. The molecule has 1 saturated heterocycles. The predicted molar refractivity (Wildman–Crippen MR) is 140 cm³/mol. The van der Waals surface area contributed by atoms with Gasteiger partial charge in [-0.15, -0.1) is 0 Å². The number of likely N-dealkylation sites (tertiary alicyclic amines) is 1. The number of nitrogens with one attached hydrogen (secondary N) is 1. The quantitative estimate of drug-likeness (QED) is 0.311. The van der Waals surface area contributed by atoms with Crippen molar-refractivity contribution in [3.63, 3.8) is 0 Å². The van der Waals surface area contributed by atoms with Crippen molar-refractivity contribution in [3.05, 3.63) is 59.1 Å². The summed E-state index contributed by atoms with van der Waals surface area (Å²) < 4.78 is 25.2. The number of rotatable bonds is 15. The number of aliphatic hydroxyl groups is 1. The van der Waals surface area contributed by atoms with Gasteiger partial charge in [0.15, 0.2) is 0 Å². The number of carbonyl (C=O) groups is 1. The number of carbonyl (C=O) groups excluding carboxylic acids is 1. The van der Waals surface area contributed by atoms with Crippen LogP contribution in [0.5, 0.6) is 11.5 Å². The minimum Gasteiger partial charge on any atom is -0.494 e. The van der Waals surface area contributed by atoms with Crippen molar-refractivity contribution in [3.8, 4) is 11.5 Å². The van der Waals surface area contributed by atoms with Crippen LogP contribution in [0.15, 0.2) is 48.5 Å². The summed E-state index contributed by atoms with van der Waals surface area (Å²) in [7, 11) is 0. The van der Waals surface area contributed by atoms with E-state index in [-0.39, 0.29) is 18.9 Å². The lowest BCUT2D eigenvalue weighted by atomic mass is 10.0. The third-order valence-electron chi connectivity index (χ3n) is 6.30. The minimum absolute atomic E-state index is 0.127. The van der Waals surface area contributed by atoms with Crippen molar-refractivity contribution in [2.45, 2.75) is 63.8 Å². The van der Waals surface area contributed by atoms with E-state index in [0.29, 0.717) is 49.0 Å². The summed E-state index contributed by atoms with van der Waals surface area (Å²) in [6.45, 7) is 4.31. The summed E-state index contributed by atoms with van der Waals surface area (Å²) in [5, 5.41) is 14.7. The Morgan fingerprint density at radius 3 is 2.39 bits per heavy atom. The van der Waals surface area contributed by atoms with Gasteiger partial charge in [-0.1, -0.05) is 49.9 Å². The first-order chi connectivity index (χ1) is 17.4. The standard InChI is InChI=1S/C28H38ClFN2O4/c1-2-3-4-5-17-35-24-10-6-21(7-11-24)28(34)26(20-32-16-14-23(30)19-32)31-27(33)15-18-36-25-12-8-22(29)9-13-25/h6-13,23,26,28,34H,2-5,14-20H2,1H3,(H,31,33)/t23?,26-,28-/m1/s1. The Labute approximate surface area is 218 Å². The number of halogens is 2. The van der Waals surface area contributed by atoms with Crippen LogP contribution in [0.3, 0.4) is 0 Å². The molecule has 198 valence electrons. The predicted octanol–water partition coefficient (Wildman–Crippen LogP) is 5.33.